The summed E-state index contributed by atoms with van der Waals surface area (Å²) in [6.45, 7) is 9.59. The van der Waals surface area contributed by atoms with Gasteiger partial charge in [-0.1, -0.05) is 13.8 Å². The number of rotatable bonds is 5. The third-order valence-corrected chi connectivity index (χ3v) is 4.01. The van der Waals surface area contributed by atoms with Gasteiger partial charge in [0, 0.05) is 10.6 Å². The molecule has 80 valence electrons. The second kappa shape index (κ2) is 5.73. The Bertz CT molecular complexity index is 280. The summed E-state index contributed by atoms with van der Waals surface area (Å²) in [4.78, 5) is 8.22. The SMILES string of the molecule is CCN(CC)Cc1nc(C)c(CS)s1. The van der Waals surface area contributed by atoms with Crippen molar-refractivity contribution in [3.05, 3.63) is 15.6 Å². The van der Waals surface area contributed by atoms with Crippen molar-refractivity contribution in [1.29, 1.82) is 0 Å². The maximum atomic E-state index is 4.55. The summed E-state index contributed by atoms with van der Waals surface area (Å²) in [5, 5.41) is 1.22. The summed E-state index contributed by atoms with van der Waals surface area (Å²) in [5.41, 5.74) is 1.15. The smallest absolute Gasteiger partial charge is 0.107 e. The second-order valence-electron chi connectivity index (χ2n) is 3.24. The van der Waals surface area contributed by atoms with Crippen LogP contribution in [0.5, 0.6) is 0 Å². The van der Waals surface area contributed by atoms with E-state index in [0.29, 0.717) is 0 Å². The molecular weight excluding hydrogens is 212 g/mol. The lowest BCUT2D eigenvalue weighted by Crippen LogP contribution is -2.21. The molecule has 0 radical (unpaired) electrons. The van der Waals surface area contributed by atoms with Crippen LogP contribution in [0.25, 0.3) is 0 Å². The largest absolute Gasteiger partial charge is 0.297 e. The lowest BCUT2D eigenvalue weighted by atomic mass is 10.4. The maximum absolute atomic E-state index is 4.55. The normalized spacial score (nSPS) is 11.2. The molecule has 0 bridgehead atoms. The van der Waals surface area contributed by atoms with Crippen molar-refractivity contribution >= 4 is 24.0 Å². The van der Waals surface area contributed by atoms with Gasteiger partial charge < -0.3 is 0 Å². The molecule has 2 nitrogen and oxygen atoms in total. The zero-order valence-electron chi connectivity index (χ0n) is 9.08. The van der Waals surface area contributed by atoms with Crippen LogP contribution in [0.1, 0.15) is 29.4 Å². The van der Waals surface area contributed by atoms with Crippen LogP contribution in [0.4, 0.5) is 0 Å². The Morgan fingerprint density at radius 1 is 1.36 bits per heavy atom. The molecule has 1 aromatic rings. The van der Waals surface area contributed by atoms with Gasteiger partial charge in [-0.25, -0.2) is 4.98 Å². The molecule has 1 aromatic heterocycles. The number of hydrogen-bond acceptors (Lipinski definition) is 4. The minimum Gasteiger partial charge on any atom is -0.297 e. The first-order chi connectivity index (χ1) is 6.71. The zero-order chi connectivity index (χ0) is 10.6. The molecule has 0 N–H and O–H groups in total. The fourth-order valence-corrected chi connectivity index (χ4v) is 2.74. The number of aryl methyl sites for hydroxylation is 1. The summed E-state index contributed by atoms with van der Waals surface area (Å²) >= 11 is 6.08. The fraction of sp³-hybridized carbons (Fsp3) is 0.700. The van der Waals surface area contributed by atoms with Crippen LogP contribution in [-0.4, -0.2) is 23.0 Å². The van der Waals surface area contributed by atoms with Gasteiger partial charge in [0.2, 0.25) is 0 Å². The van der Waals surface area contributed by atoms with Crippen LogP contribution >= 0.6 is 24.0 Å². The minimum absolute atomic E-state index is 0.807. The van der Waals surface area contributed by atoms with Crippen molar-refractivity contribution in [2.45, 2.75) is 33.1 Å². The highest BCUT2D eigenvalue weighted by Crippen LogP contribution is 2.20. The summed E-state index contributed by atoms with van der Waals surface area (Å²) in [7, 11) is 0. The van der Waals surface area contributed by atoms with Gasteiger partial charge in [0.15, 0.2) is 0 Å². The third-order valence-electron chi connectivity index (χ3n) is 2.33. The van der Waals surface area contributed by atoms with Gasteiger partial charge in [0.05, 0.1) is 12.2 Å². The molecule has 0 spiro atoms. The molecule has 0 unspecified atom stereocenters. The van der Waals surface area contributed by atoms with Gasteiger partial charge in [-0.15, -0.1) is 11.3 Å². The Hall–Kier alpha value is -0.0600. The highest BCUT2D eigenvalue weighted by molar-refractivity contribution is 7.79. The monoisotopic (exact) mass is 230 g/mol. The van der Waals surface area contributed by atoms with Crippen molar-refractivity contribution in [3.8, 4) is 0 Å². The third kappa shape index (κ3) is 2.97. The molecule has 0 aliphatic rings. The highest BCUT2D eigenvalue weighted by Gasteiger charge is 2.08. The molecule has 14 heavy (non-hydrogen) atoms. The molecular formula is C10H18N2S2. The zero-order valence-corrected chi connectivity index (χ0v) is 10.8. The number of thiazole rings is 1. The molecule has 0 saturated heterocycles. The Labute approximate surface area is 95.8 Å². The number of aromatic nitrogens is 1. The van der Waals surface area contributed by atoms with Crippen LogP contribution in [0.2, 0.25) is 0 Å². The number of thiol groups is 1. The Morgan fingerprint density at radius 2 is 2.00 bits per heavy atom. The fourth-order valence-electron chi connectivity index (χ4n) is 1.34. The van der Waals surface area contributed by atoms with Gasteiger partial charge in [0.1, 0.15) is 5.01 Å². The molecule has 0 aliphatic carbocycles. The Balaban J connectivity index is 2.67. The van der Waals surface area contributed by atoms with Gasteiger partial charge in [-0.3, -0.25) is 4.90 Å². The van der Waals surface area contributed by atoms with Gasteiger partial charge in [-0.2, -0.15) is 12.6 Å². The quantitative estimate of drug-likeness (QED) is 0.783. The Morgan fingerprint density at radius 3 is 2.43 bits per heavy atom. The average molecular weight is 230 g/mol. The summed E-state index contributed by atoms with van der Waals surface area (Å²) in [6.07, 6.45) is 0. The summed E-state index contributed by atoms with van der Waals surface area (Å²) < 4.78 is 0. The molecule has 1 heterocycles. The highest BCUT2D eigenvalue weighted by atomic mass is 32.1. The maximum Gasteiger partial charge on any atom is 0.107 e. The van der Waals surface area contributed by atoms with E-state index in [1.165, 1.54) is 9.88 Å². The van der Waals surface area contributed by atoms with Gasteiger partial charge in [-0.05, 0) is 20.0 Å². The number of hydrogen-bond donors (Lipinski definition) is 1. The van der Waals surface area contributed by atoms with Crippen molar-refractivity contribution < 1.29 is 0 Å². The second-order valence-corrected chi connectivity index (χ2v) is 4.72. The van der Waals surface area contributed by atoms with Gasteiger partial charge >= 0.3 is 0 Å². The van der Waals surface area contributed by atoms with Crippen LogP contribution in [0.15, 0.2) is 0 Å². The van der Waals surface area contributed by atoms with Crippen molar-refractivity contribution in [1.82, 2.24) is 9.88 Å². The van der Waals surface area contributed by atoms with E-state index in [4.69, 9.17) is 0 Å². The predicted octanol–water partition coefficient (Wildman–Crippen LogP) is 2.72. The van der Waals surface area contributed by atoms with E-state index in [-0.39, 0.29) is 0 Å². The van der Waals surface area contributed by atoms with Crippen LogP contribution < -0.4 is 0 Å². The van der Waals surface area contributed by atoms with Crippen molar-refractivity contribution in [2.75, 3.05) is 13.1 Å². The summed E-state index contributed by atoms with van der Waals surface area (Å²) in [6, 6.07) is 0. The molecule has 0 aliphatic heterocycles. The van der Waals surface area contributed by atoms with Crippen LogP contribution in [0, 0.1) is 6.92 Å². The predicted molar refractivity (Wildman–Crippen MR) is 66.2 cm³/mol. The molecule has 0 atom stereocenters. The Kier molecular flexibility index (Phi) is 4.92. The first kappa shape index (κ1) is 12.0. The molecule has 0 aromatic carbocycles. The van der Waals surface area contributed by atoms with E-state index in [9.17, 15) is 0 Å². The summed E-state index contributed by atoms with van der Waals surface area (Å²) in [5.74, 6) is 0.807. The van der Waals surface area contributed by atoms with Gasteiger partial charge in [0.25, 0.3) is 0 Å². The minimum atomic E-state index is 0.807. The van der Waals surface area contributed by atoms with Crippen LogP contribution in [-0.2, 0) is 12.3 Å². The molecule has 0 saturated carbocycles. The van der Waals surface area contributed by atoms with E-state index in [0.717, 1.165) is 31.1 Å². The number of nitrogens with zero attached hydrogens (tertiary/aromatic N) is 2. The van der Waals surface area contributed by atoms with E-state index in [1.54, 1.807) is 11.3 Å². The topological polar surface area (TPSA) is 16.1 Å². The lowest BCUT2D eigenvalue weighted by molar-refractivity contribution is 0.295. The van der Waals surface area contributed by atoms with E-state index >= 15 is 0 Å². The molecule has 4 heteroatoms. The van der Waals surface area contributed by atoms with Crippen molar-refractivity contribution in [3.63, 3.8) is 0 Å². The van der Waals surface area contributed by atoms with Crippen molar-refractivity contribution in [2.24, 2.45) is 0 Å². The average Bonchev–Trinajstić information content (AvgIpc) is 2.55. The molecule has 0 fully saturated rings. The first-order valence-corrected chi connectivity index (χ1v) is 6.44. The van der Waals surface area contributed by atoms with E-state index in [2.05, 4.69) is 43.3 Å². The van der Waals surface area contributed by atoms with E-state index < -0.39 is 0 Å². The first-order valence-electron chi connectivity index (χ1n) is 4.99. The molecule has 0 amide bonds. The van der Waals surface area contributed by atoms with Crippen LogP contribution in [0.3, 0.4) is 0 Å². The van der Waals surface area contributed by atoms with E-state index in [1.807, 2.05) is 0 Å². The standard InChI is InChI=1S/C10H18N2S2/c1-4-12(5-2)6-10-11-8(3)9(7-13)14-10/h13H,4-7H2,1-3H3. The molecule has 1 rings (SSSR count). The lowest BCUT2D eigenvalue weighted by Gasteiger charge is -2.15.